The first-order chi connectivity index (χ1) is 13.5. The van der Waals surface area contributed by atoms with Crippen molar-refractivity contribution in [2.45, 2.75) is 26.2 Å². The van der Waals surface area contributed by atoms with Gasteiger partial charge in [0.2, 0.25) is 5.91 Å². The number of carbonyl (C=O) groups is 1. The van der Waals surface area contributed by atoms with Gasteiger partial charge >= 0.3 is 5.76 Å². The van der Waals surface area contributed by atoms with E-state index in [1.807, 2.05) is 12.1 Å². The topological polar surface area (TPSA) is 78.3 Å². The van der Waals surface area contributed by atoms with Crippen LogP contribution >= 0.6 is 0 Å². The molecule has 1 aliphatic heterocycles. The lowest BCUT2D eigenvalue weighted by molar-refractivity contribution is -0.117. The first kappa shape index (κ1) is 18.3. The van der Waals surface area contributed by atoms with E-state index in [9.17, 15) is 14.0 Å². The molecule has 1 fully saturated rings. The molecule has 0 spiro atoms. The van der Waals surface area contributed by atoms with E-state index in [1.54, 1.807) is 25.1 Å². The van der Waals surface area contributed by atoms with Crippen molar-refractivity contribution in [3.8, 4) is 0 Å². The molecule has 0 radical (unpaired) electrons. The minimum atomic E-state index is -0.512. The van der Waals surface area contributed by atoms with Crippen molar-refractivity contribution in [3.05, 3.63) is 58.3 Å². The van der Waals surface area contributed by atoms with Crippen LogP contribution in [0.1, 0.15) is 24.8 Å². The van der Waals surface area contributed by atoms with E-state index in [4.69, 9.17) is 4.42 Å². The van der Waals surface area contributed by atoms with Gasteiger partial charge in [0, 0.05) is 37.0 Å². The molecule has 2 aromatic carbocycles. The van der Waals surface area contributed by atoms with Crippen molar-refractivity contribution >= 4 is 28.4 Å². The van der Waals surface area contributed by atoms with Gasteiger partial charge in [-0.3, -0.25) is 9.78 Å². The van der Waals surface area contributed by atoms with Crippen LogP contribution in [0, 0.1) is 18.7 Å². The maximum atomic E-state index is 13.5. The van der Waals surface area contributed by atoms with Crippen LogP contribution < -0.4 is 16.0 Å². The molecule has 2 N–H and O–H groups in total. The fraction of sp³-hybridized carbons (Fsp3) is 0.333. The maximum Gasteiger partial charge on any atom is 0.417 e. The Hall–Kier alpha value is -3.09. The van der Waals surface area contributed by atoms with Gasteiger partial charge in [0.1, 0.15) is 5.82 Å². The highest BCUT2D eigenvalue weighted by atomic mass is 19.1. The molecule has 1 saturated heterocycles. The fourth-order valence-corrected chi connectivity index (χ4v) is 3.72. The lowest BCUT2D eigenvalue weighted by atomic mass is 9.92. The second kappa shape index (κ2) is 7.50. The normalized spacial score (nSPS) is 15.1. The molecule has 0 bridgehead atoms. The zero-order chi connectivity index (χ0) is 19.7. The molecule has 7 heteroatoms. The highest BCUT2D eigenvalue weighted by Gasteiger charge is 2.22. The SMILES string of the molecule is Cc1cc(N2CCC(CC(=O)Nc3ccc4[nH]c(=O)oc4c3)CC2)ccc1F. The summed E-state index contributed by atoms with van der Waals surface area (Å²) >= 11 is 0. The number of fused-ring (bicyclic) bond motifs is 1. The quantitative estimate of drug-likeness (QED) is 0.718. The summed E-state index contributed by atoms with van der Waals surface area (Å²) in [6, 6.07) is 10.3. The van der Waals surface area contributed by atoms with Gasteiger partial charge in [0.25, 0.3) is 0 Å². The van der Waals surface area contributed by atoms with Crippen LogP contribution in [0.3, 0.4) is 0 Å². The number of aromatic amines is 1. The molecular formula is C21H22FN3O3. The van der Waals surface area contributed by atoms with Gasteiger partial charge in [-0.1, -0.05) is 0 Å². The van der Waals surface area contributed by atoms with Crippen LogP contribution in [-0.4, -0.2) is 24.0 Å². The summed E-state index contributed by atoms with van der Waals surface area (Å²) in [4.78, 5) is 28.4. The minimum Gasteiger partial charge on any atom is -0.408 e. The lowest BCUT2D eigenvalue weighted by Gasteiger charge is -2.33. The van der Waals surface area contributed by atoms with Crippen molar-refractivity contribution in [2.75, 3.05) is 23.3 Å². The Labute approximate surface area is 161 Å². The third-order valence-corrected chi connectivity index (χ3v) is 5.30. The largest absolute Gasteiger partial charge is 0.417 e. The van der Waals surface area contributed by atoms with Crippen molar-refractivity contribution < 1.29 is 13.6 Å². The van der Waals surface area contributed by atoms with E-state index < -0.39 is 5.76 Å². The number of hydrogen-bond acceptors (Lipinski definition) is 4. The summed E-state index contributed by atoms with van der Waals surface area (Å²) in [7, 11) is 0. The number of hydrogen-bond donors (Lipinski definition) is 2. The molecule has 1 amide bonds. The lowest BCUT2D eigenvalue weighted by Crippen LogP contribution is -2.35. The molecule has 0 unspecified atom stereocenters. The number of piperidine rings is 1. The predicted octanol–water partition coefficient (Wildman–Crippen LogP) is 3.81. The molecular weight excluding hydrogens is 361 g/mol. The fourth-order valence-electron chi connectivity index (χ4n) is 3.72. The van der Waals surface area contributed by atoms with E-state index in [1.165, 1.54) is 6.07 Å². The highest BCUT2D eigenvalue weighted by molar-refractivity contribution is 5.92. The summed E-state index contributed by atoms with van der Waals surface area (Å²) < 4.78 is 18.5. The Bertz CT molecular complexity index is 1060. The number of carbonyl (C=O) groups excluding carboxylic acids is 1. The van der Waals surface area contributed by atoms with Gasteiger partial charge in [-0.25, -0.2) is 9.18 Å². The second-order valence-corrected chi connectivity index (χ2v) is 7.34. The molecule has 146 valence electrons. The maximum absolute atomic E-state index is 13.5. The molecule has 2 heterocycles. The molecule has 6 nitrogen and oxygen atoms in total. The Morgan fingerprint density at radius 3 is 2.79 bits per heavy atom. The van der Waals surface area contributed by atoms with Crippen LogP contribution in [0.15, 0.2) is 45.6 Å². The van der Waals surface area contributed by atoms with Crippen LogP contribution in [0.25, 0.3) is 11.1 Å². The molecule has 3 aromatic rings. The number of amides is 1. The van der Waals surface area contributed by atoms with Gasteiger partial charge < -0.3 is 14.6 Å². The zero-order valence-electron chi connectivity index (χ0n) is 15.6. The number of aryl methyl sites for hydroxylation is 1. The van der Waals surface area contributed by atoms with E-state index in [0.717, 1.165) is 31.6 Å². The first-order valence-corrected chi connectivity index (χ1v) is 9.42. The van der Waals surface area contributed by atoms with E-state index in [-0.39, 0.29) is 11.7 Å². The third-order valence-electron chi connectivity index (χ3n) is 5.30. The molecule has 0 aliphatic carbocycles. The summed E-state index contributed by atoms with van der Waals surface area (Å²) in [5.41, 5.74) is 3.31. The van der Waals surface area contributed by atoms with Crippen LogP contribution in [0.4, 0.5) is 15.8 Å². The number of oxazole rings is 1. The summed E-state index contributed by atoms with van der Waals surface area (Å²) in [6.45, 7) is 3.47. The Balaban J connectivity index is 1.31. The van der Waals surface area contributed by atoms with Crippen LogP contribution in [-0.2, 0) is 4.79 Å². The second-order valence-electron chi connectivity index (χ2n) is 7.34. The minimum absolute atomic E-state index is 0.0479. The summed E-state index contributed by atoms with van der Waals surface area (Å²) in [6.07, 6.45) is 2.27. The van der Waals surface area contributed by atoms with Crippen molar-refractivity contribution in [3.63, 3.8) is 0 Å². The number of benzene rings is 2. The number of nitrogens with zero attached hydrogens (tertiary/aromatic N) is 1. The van der Waals surface area contributed by atoms with Crippen LogP contribution in [0.5, 0.6) is 0 Å². The van der Waals surface area contributed by atoms with Gasteiger partial charge in [-0.2, -0.15) is 0 Å². The van der Waals surface area contributed by atoms with Crippen LogP contribution in [0.2, 0.25) is 0 Å². The van der Waals surface area contributed by atoms with Gasteiger partial charge in [-0.05, 0) is 61.6 Å². The first-order valence-electron chi connectivity index (χ1n) is 9.42. The number of nitrogens with one attached hydrogen (secondary N) is 2. The molecule has 4 rings (SSSR count). The smallest absolute Gasteiger partial charge is 0.408 e. The monoisotopic (exact) mass is 383 g/mol. The molecule has 1 aliphatic rings. The average molecular weight is 383 g/mol. The van der Waals surface area contributed by atoms with Crippen molar-refractivity contribution in [2.24, 2.45) is 5.92 Å². The Morgan fingerprint density at radius 1 is 1.25 bits per heavy atom. The molecule has 1 aromatic heterocycles. The van der Waals surface area contributed by atoms with Crippen molar-refractivity contribution in [1.29, 1.82) is 0 Å². The summed E-state index contributed by atoms with van der Waals surface area (Å²) in [5, 5.41) is 2.88. The zero-order valence-corrected chi connectivity index (χ0v) is 15.6. The average Bonchev–Trinajstić information content (AvgIpc) is 3.04. The molecule has 0 saturated carbocycles. The Kier molecular flexibility index (Phi) is 4.90. The van der Waals surface area contributed by atoms with E-state index >= 15 is 0 Å². The van der Waals surface area contributed by atoms with Crippen molar-refractivity contribution in [1.82, 2.24) is 4.98 Å². The number of aromatic nitrogens is 1. The number of halogens is 1. The highest BCUT2D eigenvalue weighted by Crippen LogP contribution is 2.27. The number of H-pyrrole nitrogens is 1. The third kappa shape index (κ3) is 3.93. The van der Waals surface area contributed by atoms with Gasteiger partial charge in [0.05, 0.1) is 5.52 Å². The number of rotatable bonds is 4. The van der Waals surface area contributed by atoms with E-state index in [2.05, 4.69) is 15.2 Å². The summed E-state index contributed by atoms with van der Waals surface area (Å²) in [5.74, 6) is -0.436. The predicted molar refractivity (Wildman–Crippen MR) is 106 cm³/mol. The van der Waals surface area contributed by atoms with Gasteiger partial charge in [0.15, 0.2) is 5.58 Å². The standard InChI is InChI=1S/C21H22FN3O3/c1-13-10-16(3-4-17(13)22)25-8-6-14(7-9-25)11-20(26)23-15-2-5-18-19(12-15)28-21(27)24-18/h2-5,10,12,14H,6-9,11H2,1H3,(H,23,26)(H,24,27). The molecule has 0 atom stereocenters. The molecule has 28 heavy (non-hydrogen) atoms. The van der Waals surface area contributed by atoms with E-state index in [0.29, 0.717) is 34.7 Å². The Morgan fingerprint density at radius 2 is 2.04 bits per heavy atom. The number of anilines is 2. The van der Waals surface area contributed by atoms with Gasteiger partial charge in [-0.15, -0.1) is 0 Å².